The third-order valence-electron chi connectivity index (χ3n) is 3.83. The molecule has 1 aromatic heterocycles. The molecule has 1 unspecified atom stereocenters. The number of rotatable bonds is 5. The van der Waals surface area contributed by atoms with Crippen molar-refractivity contribution in [2.45, 2.75) is 25.6 Å². The highest BCUT2D eigenvalue weighted by molar-refractivity contribution is 7.52. The van der Waals surface area contributed by atoms with E-state index >= 15 is 0 Å². The summed E-state index contributed by atoms with van der Waals surface area (Å²) in [6, 6.07) is 17.1. The van der Waals surface area contributed by atoms with E-state index in [9.17, 15) is 9.46 Å². The van der Waals surface area contributed by atoms with E-state index < -0.39 is 13.2 Å². The molecule has 0 aliphatic rings. The Morgan fingerprint density at radius 1 is 1.09 bits per heavy atom. The summed E-state index contributed by atoms with van der Waals surface area (Å²) in [6.07, 6.45) is 1.84. The molecule has 3 aromatic rings. The maximum absolute atomic E-state index is 12.6. The first-order chi connectivity index (χ1) is 10.9. The molecule has 0 spiro atoms. The van der Waals surface area contributed by atoms with Gasteiger partial charge in [-0.3, -0.25) is 9.09 Å². The molecule has 0 saturated carbocycles. The summed E-state index contributed by atoms with van der Waals surface area (Å²) < 4.78 is 18.2. The average molecular weight is 329 g/mol. The van der Waals surface area contributed by atoms with Gasteiger partial charge in [-0.1, -0.05) is 48.5 Å². The molecule has 0 bridgehead atoms. The first-order valence-corrected chi connectivity index (χ1v) is 9.27. The Morgan fingerprint density at radius 2 is 1.74 bits per heavy atom. The van der Waals surface area contributed by atoms with E-state index in [2.05, 4.69) is 4.98 Å². The van der Waals surface area contributed by atoms with Gasteiger partial charge in [0.05, 0.1) is 11.8 Å². The standard InChI is InChI=1S/C18H20NO3P/c1-18(2,16-12-19-17-11-7-6-10-15(16)17)22-23(20,21)13-14-8-4-3-5-9-14/h3-12,19H,13H2,1-2H3,(H,20,21). The second kappa shape index (κ2) is 5.97. The Morgan fingerprint density at radius 3 is 2.48 bits per heavy atom. The lowest BCUT2D eigenvalue weighted by atomic mass is 9.98. The van der Waals surface area contributed by atoms with Gasteiger partial charge in [-0.2, -0.15) is 0 Å². The smallest absolute Gasteiger partial charge is 0.333 e. The molecule has 3 rings (SSSR count). The number of benzene rings is 2. The predicted molar refractivity (Wildman–Crippen MR) is 92.4 cm³/mol. The van der Waals surface area contributed by atoms with Gasteiger partial charge in [0.25, 0.3) is 0 Å². The molecular weight excluding hydrogens is 309 g/mol. The highest BCUT2D eigenvalue weighted by Gasteiger charge is 2.33. The third-order valence-corrected chi connectivity index (χ3v) is 5.34. The fraction of sp³-hybridized carbons (Fsp3) is 0.222. The van der Waals surface area contributed by atoms with Crippen LogP contribution >= 0.6 is 7.60 Å². The number of hydrogen-bond acceptors (Lipinski definition) is 2. The van der Waals surface area contributed by atoms with Crippen molar-refractivity contribution < 1.29 is 14.0 Å². The van der Waals surface area contributed by atoms with Crippen LogP contribution in [-0.2, 0) is 20.9 Å². The van der Waals surface area contributed by atoms with Gasteiger partial charge in [0.1, 0.15) is 0 Å². The van der Waals surface area contributed by atoms with Gasteiger partial charge in [0.2, 0.25) is 0 Å². The van der Waals surface area contributed by atoms with E-state index in [-0.39, 0.29) is 6.16 Å². The van der Waals surface area contributed by atoms with Gasteiger partial charge in [0, 0.05) is 22.7 Å². The SMILES string of the molecule is CC(C)(OP(=O)(O)Cc1ccccc1)c1c[nH]c2ccccc12. The minimum Gasteiger partial charge on any atom is -0.361 e. The molecule has 1 atom stereocenters. The fourth-order valence-electron chi connectivity index (χ4n) is 2.82. The van der Waals surface area contributed by atoms with Crippen molar-refractivity contribution in [3.8, 4) is 0 Å². The van der Waals surface area contributed by atoms with Crippen LogP contribution in [0, 0.1) is 0 Å². The zero-order valence-corrected chi connectivity index (χ0v) is 14.1. The van der Waals surface area contributed by atoms with Crippen LogP contribution in [0.25, 0.3) is 10.9 Å². The van der Waals surface area contributed by atoms with E-state index in [4.69, 9.17) is 4.52 Å². The van der Waals surface area contributed by atoms with E-state index in [1.54, 1.807) is 0 Å². The number of aromatic nitrogens is 1. The molecule has 0 aliphatic carbocycles. The summed E-state index contributed by atoms with van der Waals surface area (Å²) in [5.41, 5.74) is 1.76. The molecule has 1 heterocycles. The van der Waals surface area contributed by atoms with Gasteiger partial charge in [-0.15, -0.1) is 0 Å². The predicted octanol–water partition coefficient (Wildman–Crippen LogP) is 4.81. The number of aromatic amines is 1. The van der Waals surface area contributed by atoms with Crippen molar-refractivity contribution in [1.82, 2.24) is 4.98 Å². The van der Waals surface area contributed by atoms with Crippen molar-refractivity contribution in [3.05, 3.63) is 71.9 Å². The highest BCUT2D eigenvalue weighted by Crippen LogP contribution is 2.52. The molecule has 2 aromatic carbocycles. The van der Waals surface area contributed by atoms with Crippen LogP contribution < -0.4 is 0 Å². The van der Waals surface area contributed by atoms with Crippen LogP contribution in [0.1, 0.15) is 25.0 Å². The van der Waals surface area contributed by atoms with Crippen LogP contribution in [0.4, 0.5) is 0 Å². The lowest BCUT2D eigenvalue weighted by Crippen LogP contribution is -2.20. The van der Waals surface area contributed by atoms with Gasteiger partial charge in [0.15, 0.2) is 0 Å². The monoisotopic (exact) mass is 329 g/mol. The van der Waals surface area contributed by atoms with Crippen molar-refractivity contribution in [3.63, 3.8) is 0 Å². The molecule has 0 saturated heterocycles. The summed E-state index contributed by atoms with van der Waals surface area (Å²) >= 11 is 0. The van der Waals surface area contributed by atoms with E-state index in [0.717, 1.165) is 22.0 Å². The minimum absolute atomic E-state index is 0.000372. The van der Waals surface area contributed by atoms with Gasteiger partial charge < -0.3 is 9.88 Å². The Bertz CT molecular complexity index is 855. The molecule has 120 valence electrons. The van der Waals surface area contributed by atoms with Gasteiger partial charge in [-0.05, 0) is 25.5 Å². The Hall–Kier alpha value is -1.87. The average Bonchev–Trinajstić information content (AvgIpc) is 2.91. The molecule has 0 amide bonds. The molecule has 0 aliphatic heterocycles. The fourth-order valence-corrected chi connectivity index (χ4v) is 4.37. The maximum Gasteiger partial charge on any atom is 0.333 e. The van der Waals surface area contributed by atoms with Crippen LogP contribution in [0.15, 0.2) is 60.8 Å². The Kier molecular flexibility index (Phi) is 4.15. The second-order valence-electron chi connectivity index (χ2n) is 6.13. The molecule has 0 radical (unpaired) electrons. The zero-order chi connectivity index (χ0) is 16.5. The first-order valence-electron chi connectivity index (χ1n) is 7.50. The second-order valence-corrected chi connectivity index (χ2v) is 7.90. The van der Waals surface area contributed by atoms with E-state index in [1.165, 1.54) is 0 Å². The lowest BCUT2D eigenvalue weighted by Gasteiger charge is -2.28. The maximum atomic E-state index is 12.6. The molecular formula is C18H20NO3P. The topological polar surface area (TPSA) is 62.3 Å². The summed E-state index contributed by atoms with van der Waals surface area (Å²) in [7, 11) is -3.77. The Balaban J connectivity index is 1.86. The normalized spacial score (nSPS) is 14.7. The van der Waals surface area contributed by atoms with Crippen molar-refractivity contribution in [1.29, 1.82) is 0 Å². The van der Waals surface area contributed by atoms with E-state index in [1.807, 2.05) is 74.6 Å². The van der Waals surface area contributed by atoms with Crippen LogP contribution in [0.3, 0.4) is 0 Å². The molecule has 5 heteroatoms. The zero-order valence-electron chi connectivity index (χ0n) is 13.2. The van der Waals surface area contributed by atoms with Crippen LogP contribution in [-0.4, -0.2) is 9.88 Å². The molecule has 2 N–H and O–H groups in total. The number of fused-ring (bicyclic) bond motifs is 1. The minimum atomic E-state index is -3.77. The third kappa shape index (κ3) is 3.56. The van der Waals surface area contributed by atoms with Crippen LogP contribution in [0.2, 0.25) is 0 Å². The number of nitrogens with one attached hydrogen (secondary N) is 1. The van der Waals surface area contributed by atoms with E-state index in [0.29, 0.717) is 0 Å². The number of hydrogen-bond donors (Lipinski definition) is 2. The van der Waals surface area contributed by atoms with Crippen LogP contribution in [0.5, 0.6) is 0 Å². The largest absolute Gasteiger partial charge is 0.361 e. The summed E-state index contributed by atoms with van der Waals surface area (Å²) in [5.74, 6) is 0. The number of para-hydroxylation sites is 1. The summed E-state index contributed by atoms with van der Waals surface area (Å²) in [5, 5.41) is 0.997. The number of H-pyrrole nitrogens is 1. The lowest BCUT2D eigenvalue weighted by molar-refractivity contribution is 0.0918. The summed E-state index contributed by atoms with van der Waals surface area (Å²) in [6.45, 7) is 3.63. The quantitative estimate of drug-likeness (QED) is 0.661. The Labute approximate surface area is 135 Å². The van der Waals surface area contributed by atoms with Crippen molar-refractivity contribution in [2.24, 2.45) is 0 Å². The molecule has 0 fully saturated rings. The van der Waals surface area contributed by atoms with Gasteiger partial charge in [-0.25, -0.2) is 0 Å². The highest BCUT2D eigenvalue weighted by atomic mass is 31.2. The first kappa shape index (κ1) is 16.0. The molecule has 23 heavy (non-hydrogen) atoms. The summed E-state index contributed by atoms with van der Waals surface area (Å²) in [4.78, 5) is 13.5. The van der Waals surface area contributed by atoms with Crippen molar-refractivity contribution in [2.75, 3.05) is 0 Å². The molecule has 4 nitrogen and oxygen atoms in total. The van der Waals surface area contributed by atoms with Crippen molar-refractivity contribution >= 4 is 18.5 Å². The van der Waals surface area contributed by atoms with Gasteiger partial charge >= 0.3 is 7.60 Å².